The highest BCUT2D eigenvalue weighted by molar-refractivity contribution is 5.87. The Morgan fingerprint density at radius 3 is 2.24 bits per heavy atom. The Morgan fingerprint density at radius 1 is 0.882 bits per heavy atom. The smallest absolute Gasteiger partial charge is 0.226 e. The summed E-state index contributed by atoms with van der Waals surface area (Å²) in [6.45, 7) is 2.90. The maximum atomic E-state index is 11.6. The monoisotopic (exact) mass is 448 g/mol. The molecular formula is C29H24N2O3. The van der Waals surface area contributed by atoms with Gasteiger partial charge in [0, 0.05) is 35.6 Å². The van der Waals surface area contributed by atoms with Crippen LogP contribution in [0.3, 0.4) is 0 Å². The van der Waals surface area contributed by atoms with Crippen molar-refractivity contribution in [2.45, 2.75) is 20.1 Å². The number of carbonyl (C=O) groups is 1. The molecule has 0 aliphatic carbocycles. The minimum Gasteiger partial charge on any atom is -0.487 e. The number of nitrogens with zero attached hydrogens (tertiary/aromatic N) is 2. The quantitative estimate of drug-likeness (QED) is 0.252. The standard InChI is InChI=1S/C29H24N2O3/c1-21-28(30-29(34-21)24-10-6-3-7-11-24)20-33-26-14-12-22(13-15-26)16-31-17-25(19-32)27(18-31)23-8-4-2-5-9-23/h2-15,17-19H,16,20H2,1H3. The Labute approximate surface area is 198 Å². The number of aryl methyl sites for hydroxylation is 1. The lowest BCUT2D eigenvalue weighted by Gasteiger charge is -2.07. The van der Waals surface area contributed by atoms with Crippen LogP contribution in [0.15, 0.2) is 102 Å². The summed E-state index contributed by atoms with van der Waals surface area (Å²) in [7, 11) is 0. The van der Waals surface area contributed by atoms with Crippen LogP contribution in [0.2, 0.25) is 0 Å². The molecule has 3 aromatic carbocycles. The number of carbonyl (C=O) groups excluding carboxylic acids is 1. The maximum absolute atomic E-state index is 11.6. The number of oxazole rings is 1. The third-order valence-corrected chi connectivity index (χ3v) is 5.70. The van der Waals surface area contributed by atoms with Crippen molar-refractivity contribution in [1.29, 1.82) is 0 Å². The number of hydrogen-bond acceptors (Lipinski definition) is 4. The highest BCUT2D eigenvalue weighted by Crippen LogP contribution is 2.25. The molecule has 0 saturated carbocycles. The summed E-state index contributed by atoms with van der Waals surface area (Å²) in [5.41, 5.74) is 5.50. The molecular weight excluding hydrogens is 424 g/mol. The molecule has 0 atom stereocenters. The minimum absolute atomic E-state index is 0.336. The van der Waals surface area contributed by atoms with Gasteiger partial charge < -0.3 is 13.7 Å². The second-order valence-corrected chi connectivity index (χ2v) is 8.10. The van der Waals surface area contributed by atoms with Crippen molar-refractivity contribution in [2.75, 3.05) is 0 Å². The zero-order chi connectivity index (χ0) is 23.3. The van der Waals surface area contributed by atoms with Gasteiger partial charge in [-0.1, -0.05) is 60.7 Å². The Morgan fingerprint density at radius 2 is 1.56 bits per heavy atom. The molecule has 0 unspecified atom stereocenters. The highest BCUT2D eigenvalue weighted by atomic mass is 16.5. The Bertz CT molecular complexity index is 1380. The summed E-state index contributed by atoms with van der Waals surface area (Å²) >= 11 is 0. The van der Waals surface area contributed by atoms with Gasteiger partial charge in [-0.25, -0.2) is 4.98 Å². The second kappa shape index (κ2) is 9.63. The molecule has 168 valence electrons. The van der Waals surface area contributed by atoms with Crippen LogP contribution in [0.1, 0.15) is 27.4 Å². The van der Waals surface area contributed by atoms with Gasteiger partial charge in [-0.3, -0.25) is 4.79 Å². The van der Waals surface area contributed by atoms with E-state index in [-0.39, 0.29) is 0 Å². The molecule has 34 heavy (non-hydrogen) atoms. The van der Waals surface area contributed by atoms with Gasteiger partial charge in [0.25, 0.3) is 0 Å². The lowest BCUT2D eigenvalue weighted by atomic mass is 10.1. The summed E-state index contributed by atoms with van der Waals surface area (Å²) in [5, 5.41) is 0. The highest BCUT2D eigenvalue weighted by Gasteiger charge is 2.12. The molecule has 5 nitrogen and oxygen atoms in total. The zero-order valence-electron chi connectivity index (χ0n) is 18.8. The van der Waals surface area contributed by atoms with Crippen molar-refractivity contribution in [3.05, 3.63) is 120 Å². The Kier molecular flexibility index (Phi) is 6.08. The van der Waals surface area contributed by atoms with E-state index in [2.05, 4.69) is 4.98 Å². The first-order valence-corrected chi connectivity index (χ1v) is 11.1. The summed E-state index contributed by atoms with van der Waals surface area (Å²) in [6, 6.07) is 27.7. The molecule has 0 saturated heterocycles. The molecule has 5 aromatic rings. The van der Waals surface area contributed by atoms with E-state index in [0.29, 0.717) is 24.6 Å². The lowest BCUT2D eigenvalue weighted by Crippen LogP contribution is -1.99. The Balaban J connectivity index is 1.24. The fourth-order valence-corrected chi connectivity index (χ4v) is 3.89. The molecule has 0 amide bonds. The van der Waals surface area contributed by atoms with Crippen LogP contribution in [0.25, 0.3) is 22.6 Å². The topological polar surface area (TPSA) is 57.3 Å². The molecule has 0 radical (unpaired) electrons. The van der Waals surface area contributed by atoms with Crippen molar-refractivity contribution < 1.29 is 13.9 Å². The van der Waals surface area contributed by atoms with Gasteiger partial charge in [-0.2, -0.15) is 0 Å². The fourth-order valence-electron chi connectivity index (χ4n) is 3.89. The predicted octanol–water partition coefficient (Wildman–Crippen LogP) is 6.56. The molecule has 0 fully saturated rings. The SMILES string of the molecule is Cc1oc(-c2ccccc2)nc1COc1ccc(Cn2cc(C=O)c(-c3ccccc3)c2)cc1. The van der Waals surface area contributed by atoms with Crippen LogP contribution >= 0.6 is 0 Å². The van der Waals surface area contributed by atoms with E-state index in [1.54, 1.807) is 0 Å². The van der Waals surface area contributed by atoms with E-state index in [1.807, 2.05) is 109 Å². The van der Waals surface area contributed by atoms with Crippen molar-refractivity contribution in [1.82, 2.24) is 9.55 Å². The van der Waals surface area contributed by atoms with E-state index in [0.717, 1.165) is 45.7 Å². The van der Waals surface area contributed by atoms with Gasteiger partial charge >= 0.3 is 0 Å². The zero-order valence-corrected chi connectivity index (χ0v) is 18.8. The van der Waals surface area contributed by atoms with E-state index in [1.165, 1.54) is 0 Å². The molecule has 0 spiro atoms. The van der Waals surface area contributed by atoms with Gasteiger partial charge in [0.05, 0.1) is 0 Å². The largest absolute Gasteiger partial charge is 0.487 e. The average Bonchev–Trinajstić information content (AvgIpc) is 3.47. The first-order chi connectivity index (χ1) is 16.7. The van der Waals surface area contributed by atoms with Gasteiger partial charge in [-0.05, 0) is 42.3 Å². The molecule has 0 aliphatic rings. The lowest BCUT2D eigenvalue weighted by molar-refractivity contribution is 0.112. The van der Waals surface area contributed by atoms with Gasteiger partial charge in [0.1, 0.15) is 23.8 Å². The summed E-state index contributed by atoms with van der Waals surface area (Å²) in [4.78, 5) is 16.2. The van der Waals surface area contributed by atoms with Crippen molar-refractivity contribution >= 4 is 6.29 Å². The van der Waals surface area contributed by atoms with E-state index < -0.39 is 0 Å². The average molecular weight is 449 g/mol. The number of benzene rings is 3. The normalized spacial score (nSPS) is 10.9. The molecule has 2 heterocycles. The van der Waals surface area contributed by atoms with Crippen LogP contribution < -0.4 is 4.74 Å². The van der Waals surface area contributed by atoms with Crippen LogP contribution in [-0.4, -0.2) is 15.8 Å². The summed E-state index contributed by atoms with van der Waals surface area (Å²) in [6.07, 6.45) is 4.81. The third-order valence-electron chi connectivity index (χ3n) is 5.70. The number of aldehydes is 1. The Hall–Kier alpha value is -4.38. The van der Waals surface area contributed by atoms with E-state index in [9.17, 15) is 4.79 Å². The maximum Gasteiger partial charge on any atom is 0.226 e. The fraction of sp³-hybridized carbons (Fsp3) is 0.103. The van der Waals surface area contributed by atoms with Gasteiger partial charge in [0.15, 0.2) is 6.29 Å². The third kappa shape index (κ3) is 4.69. The molecule has 0 N–H and O–H groups in total. The number of rotatable bonds is 8. The molecule has 5 rings (SSSR count). The number of ether oxygens (including phenoxy) is 1. The molecule has 0 aliphatic heterocycles. The van der Waals surface area contributed by atoms with Crippen LogP contribution in [0.5, 0.6) is 5.75 Å². The first kappa shape index (κ1) is 21.5. The van der Waals surface area contributed by atoms with Gasteiger partial charge in [-0.15, -0.1) is 0 Å². The predicted molar refractivity (Wildman–Crippen MR) is 132 cm³/mol. The van der Waals surface area contributed by atoms with Crippen molar-refractivity contribution in [2.24, 2.45) is 0 Å². The van der Waals surface area contributed by atoms with Crippen LogP contribution in [0.4, 0.5) is 0 Å². The van der Waals surface area contributed by atoms with Crippen LogP contribution in [0, 0.1) is 6.92 Å². The number of aromatic nitrogens is 2. The summed E-state index contributed by atoms with van der Waals surface area (Å²) < 4.78 is 13.8. The summed E-state index contributed by atoms with van der Waals surface area (Å²) in [5.74, 6) is 2.12. The minimum atomic E-state index is 0.336. The van der Waals surface area contributed by atoms with E-state index >= 15 is 0 Å². The molecule has 2 aromatic heterocycles. The van der Waals surface area contributed by atoms with Crippen molar-refractivity contribution in [3.63, 3.8) is 0 Å². The second-order valence-electron chi connectivity index (χ2n) is 8.10. The first-order valence-electron chi connectivity index (χ1n) is 11.1. The number of hydrogen-bond donors (Lipinski definition) is 0. The van der Waals surface area contributed by atoms with Crippen molar-refractivity contribution in [3.8, 4) is 28.3 Å². The molecule has 0 bridgehead atoms. The van der Waals surface area contributed by atoms with Crippen LogP contribution in [-0.2, 0) is 13.2 Å². The van der Waals surface area contributed by atoms with E-state index in [4.69, 9.17) is 9.15 Å². The molecule has 5 heteroatoms. The van der Waals surface area contributed by atoms with Gasteiger partial charge in [0.2, 0.25) is 5.89 Å².